The maximum Gasteiger partial charge on any atom is 0.338 e. The smallest absolute Gasteiger partial charge is 0.338 e. The number of hydrogen-bond acceptors (Lipinski definition) is 6. The fraction of sp³-hybridized carbons (Fsp3) is 0.125. The number of anilines is 1. The van der Waals surface area contributed by atoms with Crippen LogP contribution in [0.15, 0.2) is 36.4 Å². The van der Waals surface area contributed by atoms with Gasteiger partial charge in [0.25, 0.3) is 5.91 Å². The van der Waals surface area contributed by atoms with Crippen molar-refractivity contribution in [3.63, 3.8) is 0 Å². The predicted molar refractivity (Wildman–Crippen MR) is 84.9 cm³/mol. The number of esters is 1. The summed E-state index contributed by atoms with van der Waals surface area (Å²) >= 11 is 0. The van der Waals surface area contributed by atoms with Crippen LogP contribution >= 0.6 is 0 Å². The lowest BCUT2D eigenvalue weighted by Crippen LogP contribution is -2.21. The number of nitrogens with zero attached hydrogens (tertiary/aromatic N) is 1. The lowest BCUT2D eigenvalue weighted by molar-refractivity contribution is -0.385. The highest BCUT2D eigenvalue weighted by Crippen LogP contribution is 2.27. The second kappa shape index (κ2) is 8.01. The lowest BCUT2D eigenvalue weighted by atomic mass is 10.2. The van der Waals surface area contributed by atoms with Crippen molar-refractivity contribution in [2.24, 2.45) is 0 Å². The summed E-state index contributed by atoms with van der Waals surface area (Å²) in [5.41, 5.74) is -1.04. The zero-order chi connectivity index (χ0) is 19.3. The quantitative estimate of drug-likeness (QED) is 0.478. The van der Waals surface area contributed by atoms with Crippen molar-refractivity contribution in [2.75, 3.05) is 19.0 Å². The molecule has 0 aliphatic rings. The average Bonchev–Trinajstić information content (AvgIpc) is 2.62. The molecule has 0 atom stereocenters. The van der Waals surface area contributed by atoms with Gasteiger partial charge in [0, 0.05) is 12.1 Å². The van der Waals surface area contributed by atoms with E-state index in [1.54, 1.807) is 0 Å². The van der Waals surface area contributed by atoms with E-state index in [0.717, 1.165) is 24.3 Å². The van der Waals surface area contributed by atoms with Crippen LogP contribution in [0.1, 0.15) is 10.4 Å². The predicted octanol–water partition coefficient (Wildman–Crippen LogP) is 2.68. The normalized spacial score (nSPS) is 10.1. The van der Waals surface area contributed by atoms with Crippen LogP contribution in [-0.2, 0) is 9.53 Å². The Hall–Kier alpha value is -3.56. The molecule has 0 saturated heterocycles. The first-order valence-electron chi connectivity index (χ1n) is 7.06. The zero-order valence-corrected chi connectivity index (χ0v) is 13.3. The Kier molecular flexibility index (Phi) is 5.78. The van der Waals surface area contributed by atoms with Gasteiger partial charge >= 0.3 is 11.7 Å². The SMILES string of the molecule is COc1ccc(C(=O)OCC(=O)Nc2cc(F)ccc2F)cc1[N+](=O)[O-]. The van der Waals surface area contributed by atoms with Crippen molar-refractivity contribution < 1.29 is 32.8 Å². The van der Waals surface area contributed by atoms with Crippen molar-refractivity contribution >= 4 is 23.3 Å². The third-order valence-electron chi connectivity index (χ3n) is 3.15. The van der Waals surface area contributed by atoms with Gasteiger partial charge in [-0.1, -0.05) is 0 Å². The molecule has 0 heterocycles. The van der Waals surface area contributed by atoms with Gasteiger partial charge < -0.3 is 14.8 Å². The van der Waals surface area contributed by atoms with Crippen molar-refractivity contribution in [1.82, 2.24) is 0 Å². The van der Waals surface area contributed by atoms with E-state index in [0.29, 0.717) is 0 Å². The van der Waals surface area contributed by atoms with E-state index in [2.05, 4.69) is 0 Å². The van der Waals surface area contributed by atoms with Gasteiger partial charge in [-0.05, 0) is 24.3 Å². The van der Waals surface area contributed by atoms with Crippen molar-refractivity contribution in [1.29, 1.82) is 0 Å². The van der Waals surface area contributed by atoms with Gasteiger partial charge in [-0.2, -0.15) is 0 Å². The van der Waals surface area contributed by atoms with Crippen LogP contribution in [0.5, 0.6) is 5.75 Å². The molecule has 0 spiro atoms. The van der Waals surface area contributed by atoms with E-state index in [1.807, 2.05) is 5.32 Å². The number of benzene rings is 2. The van der Waals surface area contributed by atoms with Gasteiger partial charge in [-0.3, -0.25) is 14.9 Å². The molecule has 10 heteroatoms. The molecule has 0 saturated carbocycles. The number of halogens is 2. The summed E-state index contributed by atoms with van der Waals surface area (Å²) < 4.78 is 36.0. The minimum Gasteiger partial charge on any atom is -0.490 e. The Bertz CT molecular complexity index is 872. The van der Waals surface area contributed by atoms with Crippen molar-refractivity contribution in [3.05, 3.63) is 63.7 Å². The van der Waals surface area contributed by atoms with Gasteiger partial charge in [-0.25, -0.2) is 13.6 Å². The number of methoxy groups -OCH3 is 1. The first-order valence-corrected chi connectivity index (χ1v) is 7.06. The molecule has 0 aliphatic heterocycles. The van der Waals surface area contributed by atoms with Gasteiger partial charge in [0.15, 0.2) is 12.4 Å². The summed E-state index contributed by atoms with van der Waals surface area (Å²) in [6, 6.07) is 5.83. The first-order chi connectivity index (χ1) is 12.3. The molecule has 0 radical (unpaired) electrons. The molecule has 0 fully saturated rings. The van der Waals surface area contributed by atoms with Crippen LogP contribution < -0.4 is 10.1 Å². The van der Waals surface area contributed by atoms with Crippen LogP contribution in [0.3, 0.4) is 0 Å². The molecule has 0 aromatic heterocycles. The second-order valence-corrected chi connectivity index (χ2v) is 4.89. The third-order valence-corrected chi connectivity index (χ3v) is 3.15. The minimum absolute atomic E-state index is 0.0501. The first kappa shape index (κ1) is 18.8. The number of rotatable bonds is 6. The van der Waals surface area contributed by atoms with E-state index in [9.17, 15) is 28.5 Å². The van der Waals surface area contributed by atoms with Crippen LogP contribution in [0.4, 0.5) is 20.2 Å². The van der Waals surface area contributed by atoms with Crippen LogP contribution in [0.25, 0.3) is 0 Å². The molecule has 2 aromatic rings. The molecule has 1 amide bonds. The Balaban J connectivity index is 2.02. The van der Waals surface area contributed by atoms with Crippen LogP contribution in [0.2, 0.25) is 0 Å². The lowest BCUT2D eigenvalue weighted by Gasteiger charge is -2.08. The molecular weight excluding hydrogens is 354 g/mol. The average molecular weight is 366 g/mol. The third kappa shape index (κ3) is 4.50. The molecule has 26 heavy (non-hydrogen) atoms. The number of carbonyl (C=O) groups is 2. The highest BCUT2D eigenvalue weighted by molar-refractivity contribution is 5.96. The molecule has 2 aromatic carbocycles. The van der Waals surface area contributed by atoms with E-state index in [-0.39, 0.29) is 11.3 Å². The van der Waals surface area contributed by atoms with Gasteiger partial charge in [0.2, 0.25) is 0 Å². The number of ether oxygens (including phenoxy) is 2. The maximum absolute atomic E-state index is 13.4. The van der Waals surface area contributed by atoms with Crippen molar-refractivity contribution in [2.45, 2.75) is 0 Å². The topological polar surface area (TPSA) is 108 Å². The summed E-state index contributed by atoms with van der Waals surface area (Å²) in [7, 11) is 1.23. The van der Waals surface area contributed by atoms with Gasteiger partial charge in [-0.15, -0.1) is 0 Å². The molecule has 1 N–H and O–H groups in total. The molecule has 0 bridgehead atoms. The number of nitro benzene ring substituents is 1. The fourth-order valence-electron chi connectivity index (χ4n) is 1.95. The number of nitrogens with one attached hydrogen (secondary N) is 1. The molecule has 2 rings (SSSR count). The molecule has 8 nitrogen and oxygen atoms in total. The summed E-state index contributed by atoms with van der Waals surface area (Å²) in [4.78, 5) is 33.8. The standard InChI is InChI=1S/C16H12F2N2O6/c1-25-14-5-2-9(6-13(14)20(23)24)16(22)26-8-15(21)19-12-7-10(17)3-4-11(12)18/h2-7H,8H2,1H3,(H,19,21). The van der Waals surface area contributed by atoms with E-state index < -0.39 is 46.4 Å². The molecule has 0 unspecified atom stereocenters. The highest BCUT2D eigenvalue weighted by atomic mass is 19.1. The Morgan fingerprint density at radius 1 is 1.19 bits per heavy atom. The van der Waals surface area contributed by atoms with E-state index in [1.165, 1.54) is 19.2 Å². The van der Waals surface area contributed by atoms with E-state index >= 15 is 0 Å². The summed E-state index contributed by atoms with van der Waals surface area (Å²) in [6.45, 7) is -0.797. The molecule has 0 aliphatic carbocycles. The van der Waals surface area contributed by atoms with Gasteiger partial charge in [0.1, 0.15) is 11.6 Å². The molecular formula is C16H12F2N2O6. The summed E-state index contributed by atoms with van der Waals surface area (Å²) in [6.07, 6.45) is 0. The number of nitro groups is 1. The number of amides is 1. The monoisotopic (exact) mass is 366 g/mol. The van der Waals surface area contributed by atoms with Crippen LogP contribution in [0, 0.1) is 21.7 Å². The minimum atomic E-state index is -1.01. The number of carbonyl (C=O) groups excluding carboxylic acids is 2. The van der Waals surface area contributed by atoms with Crippen molar-refractivity contribution in [3.8, 4) is 5.75 Å². The highest BCUT2D eigenvalue weighted by Gasteiger charge is 2.19. The Morgan fingerprint density at radius 2 is 1.92 bits per heavy atom. The largest absolute Gasteiger partial charge is 0.490 e. The number of hydrogen-bond donors (Lipinski definition) is 1. The zero-order valence-electron chi connectivity index (χ0n) is 13.3. The fourth-order valence-corrected chi connectivity index (χ4v) is 1.95. The summed E-state index contributed by atoms with van der Waals surface area (Å²) in [5.74, 6) is -3.59. The Labute approximate surface area is 145 Å². The second-order valence-electron chi connectivity index (χ2n) is 4.89. The van der Waals surface area contributed by atoms with Crippen LogP contribution in [-0.4, -0.2) is 30.5 Å². The van der Waals surface area contributed by atoms with Gasteiger partial charge in [0.05, 0.1) is 23.3 Å². The summed E-state index contributed by atoms with van der Waals surface area (Å²) in [5, 5.41) is 13.0. The Morgan fingerprint density at radius 3 is 2.58 bits per heavy atom. The van der Waals surface area contributed by atoms with E-state index in [4.69, 9.17) is 9.47 Å². The maximum atomic E-state index is 13.4. The molecule has 136 valence electrons.